The van der Waals surface area contributed by atoms with Crippen molar-refractivity contribution in [2.45, 2.75) is 95.8 Å². The second-order valence-corrected chi connectivity index (χ2v) is 26.6. The van der Waals surface area contributed by atoms with Crippen LogP contribution in [0.3, 0.4) is 0 Å². The van der Waals surface area contributed by atoms with Crippen LogP contribution in [0.25, 0.3) is 6.08 Å². The molecule has 2 saturated heterocycles. The van der Waals surface area contributed by atoms with Crippen LogP contribution in [0.5, 0.6) is 11.5 Å². The minimum absolute atomic E-state index is 0.0290. The Hall–Kier alpha value is -9.28. The van der Waals surface area contributed by atoms with Crippen LogP contribution in [-0.4, -0.2) is 145 Å². The molecule has 0 aliphatic carbocycles. The van der Waals surface area contributed by atoms with E-state index in [0.29, 0.717) is 108 Å². The molecule has 2 fully saturated rings. The molecule has 29 nitrogen and oxygen atoms in total. The number of Topliss-reactive ketones (excluding diaryl/α,β-unsaturated/α-hetero) is 2. The van der Waals surface area contributed by atoms with E-state index in [0.717, 1.165) is 79.4 Å². The number of nitrogens with one attached hydrogen (secondary N) is 6. The molecule has 2 aromatic heterocycles. The van der Waals surface area contributed by atoms with Gasteiger partial charge in [-0.3, -0.25) is 33.7 Å². The van der Waals surface area contributed by atoms with E-state index in [4.69, 9.17) is 24.6 Å². The number of ether oxygens (including phenoxy) is 2. The Morgan fingerprint density at radius 2 is 1.13 bits per heavy atom. The van der Waals surface area contributed by atoms with Crippen LogP contribution in [0.2, 0.25) is 0 Å². The number of azo groups is 2. The number of piperidine rings is 2. The van der Waals surface area contributed by atoms with E-state index in [2.05, 4.69) is 56.7 Å². The van der Waals surface area contributed by atoms with Gasteiger partial charge in [0.25, 0.3) is 26.1 Å². The average Bonchev–Trinajstić information content (AvgIpc) is 1.78. The molecule has 0 saturated carbocycles. The normalized spacial score (nSPS) is 14.3. The Labute approximate surface area is 559 Å². The molecule has 33 heteroatoms. The van der Waals surface area contributed by atoms with Crippen LogP contribution in [0.1, 0.15) is 95.7 Å². The van der Waals surface area contributed by atoms with Crippen molar-refractivity contribution in [3.05, 3.63) is 88.1 Å². The molecule has 1 atom stereocenters. The van der Waals surface area contributed by atoms with Crippen molar-refractivity contribution in [2.24, 2.45) is 25.4 Å². The van der Waals surface area contributed by atoms with Crippen LogP contribution in [0, 0.1) is 5.41 Å². The van der Waals surface area contributed by atoms with Gasteiger partial charge in [0.1, 0.15) is 46.2 Å². The number of ketones is 2. The quantitative estimate of drug-likeness (QED) is 0.00475. The number of amides is 2. The Bertz CT molecular complexity index is 4190. The van der Waals surface area contributed by atoms with Gasteiger partial charge in [-0.25, -0.2) is 0 Å². The maximum absolute atomic E-state index is 14.1. The van der Waals surface area contributed by atoms with Gasteiger partial charge in [0.2, 0.25) is 28.1 Å². The number of thiazole rings is 2. The Balaban J connectivity index is 1.14. The SMILES string of the molecule is CCN(CC)c1cc(NC(=N)N=C(NC)Nc2cc(N(CC)CC)c(OC)cc2N=Nc2nc(N3CCCCC3)c(C(C(C)=O)C(=O)Nc3cccc(S(=O)(=O)O)c3)s2)c(N=Nc2nc(N3CCCCC3)c(/C=C(\C(C)=O)C(=O)Nc3cccc(S(=O)(=O)O)c3)s2)cc1OC. The highest BCUT2D eigenvalue weighted by Crippen LogP contribution is 2.45. The van der Waals surface area contributed by atoms with Gasteiger partial charge >= 0.3 is 0 Å². The molecule has 2 aliphatic heterocycles. The number of anilines is 8. The first kappa shape index (κ1) is 71.6. The molecule has 1 unspecified atom stereocenters. The summed E-state index contributed by atoms with van der Waals surface area (Å²) >= 11 is 2.07. The van der Waals surface area contributed by atoms with E-state index in [1.165, 1.54) is 64.5 Å². The predicted molar refractivity (Wildman–Crippen MR) is 371 cm³/mol. The van der Waals surface area contributed by atoms with Crippen LogP contribution < -0.4 is 55.7 Å². The lowest BCUT2D eigenvalue weighted by Gasteiger charge is -2.28. The van der Waals surface area contributed by atoms with E-state index >= 15 is 0 Å². The predicted octanol–water partition coefficient (Wildman–Crippen LogP) is 11.6. The lowest BCUT2D eigenvalue weighted by atomic mass is 10.0. The molecule has 2 amide bonds. The van der Waals surface area contributed by atoms with E-state index in [1.807, 2.05) is 43.6 Å². The van der Waals surface area contributed by atoms with Crippen LogP contribution in [0.15, 0.2) is 114 Å². The topological polar surface area (TPSA) is 380 Å². The number of carbonyl (C=O) groups excluding carboxylic acids is 4. The summed E-state index contributed by atoms with van der Waals surface area (Å²) in [5.41, 5.74) is 2.31. The number of carbonyl (C=O) groups is 4. The number of hydrogen-bond acceptors (Lipinski definition) is 23. The molecule has 0 radical (unpaired) electrons. The molecule has 6 aromatic rings. The highest BCUT2D eigenvalue weighted by molar-refractivity contribution is 7.86. The Morgan fingerprint density at radius 3 is 1.59 bits per heavy atom. The fourth-order valence-corrected chi connectivity index (χ4v) is 13.6. The number of guanidine groups is 2. The van der Waals surface area contributed by atoms with Crippen LogP contribution in [0.4, 0.5) is 67.4 Å². The minimum atomic E-state index is -4.61. The molecule has 4 aromatic carbocycles. The number of methoxy groups -OCH3 is 2. The van der Waals surface area contributed by atoms with Gasteiger partial charge in [-0.1, -0.05) is 34.8 Å². The molecule has 8 rings (SSSR count). The third kappa shape index (κ3) is 18.1. The van der Waals surface area contributed by atoms with Gasteiger partial charge < -0.3 is 55.7 Å². The summed E-state index contributed by atoms with van der Waals surface area (Å²) in [6.45, 7) is 15.4. The summed E-state index contributed by atoms with van der Waals surface area (Å²) in [6.07, 6.45) is 6.80. The number of rotatable bonds is 26. The van der Waals surface area contributed by atoms with E-state index in [1.54, 1.807) is 25.2 Å². The number of nitrogens with zero attached hydrogens (tertiary/aromatic N) is 11. The van der Waals surface area contributed by atoms with Gasteiger partial charge in [-0.2, -0.15) is 31.8 Å². The van der Waals surface area contributed by atoms with Gasteiger partial charge in [0.15, 0.2) is 5.78 Å². The first-order valence-electron chi connectivity index (χ1n) is 30.6. The minimum Gasteiger partial charge on any atom is -0.494 e. The monoisotopic (exact) mass is 1380 g/mol. The standard InChI is InChI=1S/C62H77N17O12S4/c1-10-76(11-2)48-33-44(46(35-50(48)90-8)72-74-61-69-55(78-26-16-14-17-27-78)52(92-61)32-43(37(5)80)57(82)65-39-22-20-24-41(30-39)94(84,85)86)67-59(63)71-60(64-7)68-45-34-49(77(12-3)13-4)51(91-9)36-47(45)73-75-62-70-56(79-28-18-15-19-29-79)54(93-62)53(38(6)81)58(83)66-40-23-21-25-42(31-40)95(87,88)89/h20-25,30-36,53H,10-19,26-29H2,1-9H3,(H,65,82)(H,66,83)(H,84,85,86)(H,87,88,89)(H4,63,64,67,68,71)/b43-32+,74-72?,75-73?. The number of aromatic nitrogens is 2. The van der Waals surface area contributed by atoms with Crippen molar-refractivity contribution < 1.29 is 54.6 Å². The zero-order valence-corrected chi connectivity index (χ0v) is 57.3. The first-order chi connectivity index (χ1) is 45.4. The first-order valence-corrected chi connectivity index (χ1v) is 35.1. The molecular weight excluding hydrogens is 1300 g/mol. The maximum atomic E-state index is 14.1. The molecule has 8 N–H and O–H groups in total. The van der Waals surface area contributed by atoms with Crippen molar-refractivity contribution in [1.82, 2.24) is 15.3 Å². The van der Waals surface area contributed by atoms with Crippen LogP contribution >= 0.6 is 22.7 Å². The number of aliphatic imine (C=N–C) groups is 1. The second-order valence-electron chi connectivity index (χ2n) is 21.7. The number of benzene rings is 4. The molecule has 506 valence electrons. The van der Waals surface area contributed by atoms with Gasteiger partial charge in [0.05, 0.1) is 62.1 Å². The lowest BCUT2D eigenvalue weighted by molar-refractivity contribution is -0.126. The summed E-state index contributed by atoms with van der Waals surface area (Å²) in [5.74, 6) is -2.60. The van der Waals surface area contributed by atoms with Crippen LogP contribution in [-0.2, 0) is 39.4 Å². The lowest BCUT2D eigenvalue weighted by Crippen LogP contribution is -2.32. The third-order valence-corrected chi connectivity index (χ3v) is 19.0. The fraction of sp³-hybridized carbons (Fsp3) is 0.387. The van der Waals surface area contributed by atoms with E-state index in [9.17, 15) is 50.5 Å². The van der Waals surface area contributed by atoms with Gasteiger partial charge in [0, 0.05) is 82.9 Å². The fourth-order valence-electron chi connectivity index (χ4n) is 10.7. The van der Waals surface area contributed by atoms with Gasteiger partial charge in [-0.15, -0.1) is 20.5 Å². The largest absolute Gasteiger partial charge is 0.494 e. The number of hydrogen-bond donors (Lipinski definition) is 8. The summed E-state index contributed by atoms with van der Waals surface area (Å²) in [6, 6.07) is 17.0. The van der Waals surface area contributed by atoms with E-state index in [-0.39, 0.29) is 50.5 Å². The third-order valence-electron chi connectivity index (χ3n) is 15.4. The Kier molecular flexibility index (Phi) is 24.3. The Morgan fingerprint density at radius 1 is 0.653 bits per heavy atom. The van der Waals surface area contributed by atoms with Crippen molar-refractivity contribution in [1.29, 1.82) is 5.41 Å². The molecular formula is C62H77N17O12S4. The highest BCUT2D eigenvalue weighted by Gasteiger charge is 2.34. The highest BCUT2D eigenvalue weighted by atomic mass is 32.2. The molecule has 95 heavy (non-hydrogen) atoms. The molecule has 2 aliphatic rings. The maximum Gasteiger partial charge on any atom is 0.294 e. The van der Waals surface area contributed by atoms with Gasteiger partial charge in [-0.05, 0) is 135 Å². The van der Waals surface area contributed by atoms with Crippen molar-refractivity contribution in [3.63, 3.8) is 0 Å². The molecule has 0 spiro atoms. The molecule has 4 heterocycles. The smallest absolute Gasteiger partial charge is 0.294 e. The second kappa shape index (κ2) is 32.2. The summed E-state index contributed by atoms with van der Waals surface area (Å²) in [7, 11) is -4.53. The zero-order valence-electron chi connectivity index (χ0n) is 54.0. The average molecular weight is 1380 g/mol. The zero-order chi connectivity index (χ0) is 68.7. The summed E-state index contributed by atoms with van der Waals surface area (Å²) in [5, 5.41) is 42.8. The van der Waals surface area contributed by atoms with Crippen molar-refractivity contribution >= 4 is 152 Å². The molecule has 0 bridgehead atoms. The summed E-state index contributed by atoms with van der Waals surface area (Å²) < 4.78 is 78.8. The summed E-state index contributed by atoms with van der Waals surface area (Å²) in [4.78, 5) is 77.0. The van der Waals surface area contributed by atoms with Crippen molar-refractivity contribution in [3.8, 4) is 11.5 Å². The van der Waals surface area contributed by atoms with E-state index < -0.39 is 59.3 Å². The van der Waals surface area contributed by atoms with Crippen molar-refractivity contribution in [2.75, 3.05) is 114 Å².